The molecule has 0 heterocycles. The van der Waals surface area contributed by atoms with Gasteiger partial charge in [0.05, 0.1) is 18.4 Å². The zero-order valence-electron chi connectivity index (χ0n) is 11.3. The van der Waals surface area contributed by atoms with Gasteiger partial charge in [-0.05, 0) is 30.7 Å². The Morgan fingerprint density at radius 1 is 1.43 bits per heavy atom. The van der Waals surface area contributed by atoms with Crippen LogP contribution < -0.4 is 4.72 Å². The Morgan fingerprint density at radius 3 is 2.57 bits per heavy atom. The topological polar surface area (TPSA) is 110 Å². The van der Waals surface area contributed by atoms with Crippen LogP contribution >= 0.6 is 15.9 Å². The second-order valence-electron chi connectivity index (χ2n) is 4.19. The van der Waals surface area contributed by atoms with E-state index in [4.69, 9.17) is 5.11 Å². The van der Waals surface area contributed by atoms with Crippen LogP contribution in [0.4, 0.5) is 0 Å². The number of aliphatic carboxylic acids is 1. The summed E-state index contributed by atoms with van der Waals surface area (Å²) >= 11 is 3.19. The Kier molecular flexibility index (Phi) is 5.87. The van der Waals surface area contributed by atoms with Gasteiger partial charge >= 0.3 is 11.9 Å². The molecule has 0 aliphatic carbocycles. The van der Waals surface area contributed by atoms with Crippen molar-refractivity contribution in [3.8, 4) is 0 Å². The minimum absolute atomic E-state index is 0.163. The third kappa shape index (κ3) is 4.80. The summed E-state index contributed by atoms with van der Waals surface area (Å²) in [6, 6.07) is 2.96. The number of benzene rings is 1. The van der Waals surface area contributed by atoms with Crippen molar-refractivity contribution in [3.05, 3.63) is 28.2 Å². The fraction of sp³-hybridized carbons (Fsp3) is 0.333. The van der Waals surface area contributed by atoms with Gasteiger partial charge in [-0.25, -0.2) is 8.42 Å². The van der Waals surface area contributed by atoms with E-state index in [-0.39, 0.29) is 16.9 Å². The summed E-state index contributed by atoms with van der Waals surface area (Å²) in [7, 11) is -2.87. The number of hydrogen-bond donors (Lipinski definition) is 2. The number of hydrogen-bond acceptors (Lipinski definition) is 5. The van der Waals surface area contributed by atoms with E-state index in [9.17, 15) is 18.0 Å². The van der Waals surface area contributed by atoms with Crippen molar-refractivity contribution >= 4 is 37.9 Å². The predicted octanol–water partition coefficient (Wildman–Crippen LogP) is 0.916. The number of carbonyl (C=O) groups excluding carboxylic acids is 1. The van der Waals surface area contributed by atoms with Gasteiger partial charge in [0.25, 0.3) is 0 Å². The van der Waals surface area contributed by atoms with E-state index in [0.29, 0.717) is 4.47 Å². The van der Waals surface area contributed by atoms with Crippen molar-refractivity contribution in [2.24, 2.45) is 0 Å². The highest BCUT2D eigenvalue weighted by molar-refractivity contribution is 9.10. The lowest BCUT2D eigenvalue weighted by Crippen LogP contribution is -2.38. The number of sulfonamides is 1. The number of rotatable bonds is 6. The molecule has 1 aromatic carbocycles. The van der Waals surface area contributed by atoms with E-state index in [1.807, 2.05) is 4.72 Å². The molecule has 0 amide bonds. The molecule has 0 fully saturated rings. The van der Waals surface area contributed by atoms with Gasteiger partial charge in [-0.15, -0.1) is 0 Å². The molecule has 2 N–H and O–H groups in total. The maximum absolute atomic E-state index is 12.2. The summed E-state index contributed by atoms with van der Waals surface area (Å²) < 4.78 is 31.5. The summed E-state index contributed by atoms with van der Waals surface area (Å²) in [4.78, 5) is 22.0. The summed E-state index contributed by atoms with van der Waals surface area (Å²) in [6.45, 7) is 1.21. The SMILES string of the molecule is COC(=O)Cc1cc(Br)ccc1S(=O)(=O)N[C@@H](C)C(=O)O. The quantitative estimate of drug-likeness (QED) is 0.711. The molecule has 116 valence electrons. The molecule has 0 radical (unpaired) electrons. The van der Waals surface area contributed by atoms with E-state index < -0.39 is 28.0 Å². The Morgan fingerprint density at radius 2 is 2.05 bits per heavy atom. The number of methoxy groups -OCH3 is 1. The number of nitrogens with one attached hydrogen (secondary N) is 1. The molecule has 0 aliphatic rings. The molecule has 0 bridgehead atoms. The van der Waals surface area contributed by atoms with Crippen molar-refractivity contribution < 1.29 is 27.9 Å². The lowest BCUT2D eigenvalue weighted by atomic mass is 10.1. The molecular formula is C12H14BrNO6S. The first-order valence-electron chi connectivity index (χ1n) is 5.77. The maximum Gasteiger partial charge on any atom is 0.321 e. The Bertz CT molecular complexity index is 658. The van der Waals surface area contributed by atoms with Crippen molar-refractivity contribution in [1.29, 1.82) is 0 Å². The molecule has 21 heavy (non-hydrogen) atoms. The minimum Gasteiger partial charge on any atom is -0.480 e. The fourth-order valence-electron chi connectivity index (χ4n) is 1.52. The van der Waals surface area contributed by atoms with Crippen molar-refractivity contribution in [2.45, 2.75) is 24.3 Å². The molecule has 7 nitrogen and oxygen atoms in total. The summed E-state index contributed by atoms with van der Waals surface area (Å²) in [5.74, 6) is -1.90. The first-order valence-corrected chi connectivity index (χ1v) is 8.05. The standard InChI is InChI=1S/C12H14BrNO6S/c1-7(12(16)17)14-21(18,19)10-4-3-9(13)5-8(10)6-11(15)20-2/h3-5,7,14H,6H2,1-2H3,(H,16,17)/t7-/m0/s1. The van der Waals surface area contributed by atoms with Gasteiger partial charge in [-0.1, -0.05) is 15.9 Å². The first kappa shape index (κ1) is 17.6. The molecule has 0 aliphatic heterocycles. The van der Waals surface area contributed by atoms with Crippen LogP contribution in [0.25, 0.3) is 0 Å². The monoisotopic (exact) mass is 379 g/mol. The number of carbonyl (C=O) groups is 2. The van der Waals surface area contributed by atoms with E-state index in [2.05, 4.69) is 20.7 Å². The van der Waals surface area contributed by atoms with E-state index >= 15 is 0 Å². The summed E-state index contributed by atoms with van der Waals surface area (Å²) in [6.07, 6.45) is -0.242. The number of carboxylic acids is 1. The molecule has 0 spiro atoms. The van der Waals surface area contributed by atoms with Gasteiger partial charge in [-0.3, -0.25) is 9.59 Å². The van der Waals surface area contributed by atoms with E-state index in [1.54, 1.807) is 0 Å². The second kappa shape index (κ2) is 7.01. The van der Waals surface area contributed by atoms with Gasteiger partial charge < -0.3 is 9.84 Å². The number of carboxylic acid groups (broad SMARTS) is 1. The highest BCUT2D eigenvalue weighted by atomic mass is 79.9. The van der Waals surface area contributed by atoms with Crippen LogP contribution in [-0.2, 0) is 30.8 Å². The Balaban J connectivity index is 3.22. The summed E-state index contributed by atoms with van der Waals surface area (Å²) in [5, 5.41) is 8.78. The first-order chi connectivity index (χ1) is 9.67. The average molecular weight is 380 g/mol. The van der Waals surface area contributed by atoms with E-state index in [0.717, 1.165) is 0 Å². The Hall–Kier alpha value is -1.45. The van der Waals surface area contributed by atoms with Crippen LogP contribution in [0.2, 0.25) is 0 Å². The molecule has 0 saturated heterocycles. The summed E-state index contributed by atoms with van der Waals surface area (Å²) in [5.41, 5.74) is 0.210. The van der Waals surface area contributed by atoms with Crippen LogP contribution in [0.5, 0.6) is 0 Å². The van der Waals surface area contributed by atoms with Crippen molar-refractivity contribution in [1.82, 2.24) is 4.72 Å². The van der Waals surface area contributed by atoms with Gasteiger partial charge in [0, 0.05) is 4.47 Å². The van der Waals surface area contributed by atoms with Gasteiger partial charge in [0.1, 0.15) is 6.04 Å². The van der Waals surface area contributed by atoms with Crippen molar-refractivity contribution in [2.75, 3.05) is 7.11 Å². The number of esters is 1. The smallest absolute Gasteiger partial charge is 0.321 e. The molecular weight excluding hydrogens is 366 g/mol. The molecule has 1 aromatic rings. The fourth-order valence-corrected chi connectivity index (χ4v) is 3.35. The molecule has 9 heteroatoms. The molecule has 1 rings (SSSR count). The maximum atomic E-state index is 12.2. The molecule has 0 aromatic heterocycles. The molecule has 0 saturated carbocycles. The zero-order chi connectivity index (χ0) is 16.2. The second-order valence-corrected chi connectivity index (χ2v) is 6.78. The third-order valence-electron chi connectivity index (χ3n) is 2.58. The Labute approximate surface area is 130 Å². The largest absolute Gasteiger partial charge is 0.480 e. The van der Waals surface area contributed by atoms with Crippen LogP contribution in [0.15, 0.2) is 27.6 Å². The van der Waals surface area contributed by atoms with Crippen molar-refractivity contribution in [3.63, 3.8) is 0 Å². The van der Waals surface area contributed by atoms with Crippen LogP contribution in [-0.4, -0.2) is 38.6 Å². The zero-order valence-corrected chi connectivity index (χ0v) is 13.7. The van der Waals surface area contributed by atoms with Crippen LogP contribution in [0.1, 0.15) is 12.5 Å². The third-order valence-corrected chi connectivity index (χ3v) is 4.71. The predicted molar refractivity (Wildman–Crippen MR) is 77.3 cm³/mol. The van der Waals surface area contributed by atoms with E-state index in [1.165, 1.54) is 32.2 Å². The van der Waals surface area contributed by atoms with Crippen LogP contribution in [0.3, 0.4) is 0 Å². The van der Waals surface area contributed by atoms with Gasteiger partial charge in [0.15, 0.2) is 0 Å². The number of ether oxygens (including phenoxy) is 1. The van der Waals surface area contributed by atoms with Gasteiger partial charge in [0.2, 0.25) is 10.0 Å². The highest BCUT2D eigenvalue weighted by Crippen LogP contribution is 2.22. The lowest BCUT2D eigenvalue weighted by molar-refractivity contribution is -0.140. The highest BCUT2D eigenvalue weighted by Gasteiger charge is 2.25. The number of halogens is 1. The molecule has 0 unspecified atom stereocenters. The normalized spacial score (nSPS) is 12.7. The lowest BCUT2D eigenvalue weighted by Gasteiger charge is -2.13. The van der Waals surface area contributed by atoms with Gasteiger partial charge in [-0.2, -0.15) is 4.72 Å². The molecule has 1 atom stereocenters. The average Bonchev–Trinajstić information content (AvgIpc) is 2.37. The minimum atomic E-state index is -4.07. The van der Waals surface area contributed by atoms with Crippen LogP contribution in [0, 0.1) is 0 Å².